The third-order valence-electron chi connectivity index (χ3n) is 3.62. The lowest BCUT2D eigenvalue weighted by Crippen LogP contribution is -2.44. The number of carbonyl (C=O) groups is 1. The van der Waals surface area contributed by atoms with E-state index in [0.29, 0.717) is 12.1 Å². The molecule has 0 bridgehead atoms. The molecule has 0 saturated heterocycles. The topological polar surface area (TPSA) is 67.2 Å². The highest BCUT2D eigenvalue weighted by atomic mass is 16.2. The van der Waals surface area contributed by atoms with Crippen molar-refractivity contribution in [3.8, 4) is 0 Å². The zero-order chi connectivity index (χ0) is 12.5. The molecule has 1 amide bonds. The van der Waals surface area contributed by atoms with Gasteiger partial charge in [0.1, 0.15) is 0 Å². The lowest BCUT2D eigenvalue weighted by molar-refractivity contribution is -0.117. The van der Waals surface area contributed by atoms with Crippen molar-refractivity contribution in [2.45, 2.75) is 37.8 Å². The van der Waals surface area contributed by atoms with Crippen LogP contribution in [-0.4, -0.2) is 18.0 Å². The summed E-state index contributed by atoms with van der Waals surface area (Å²) in [5.74, 6) is 0.393. The van der Waals surface area contributed by atoms with Crippen LogP contribution in [0.4, 0.5) is 11.4 Å². The molecule has 0 aromatic heterocycles. The summed E-state index contributed by atoms with van der Waals surface area (Å²) in [6.45, 7) is 0. The minimum absolute atomic E-state index is 0.151. The Labute approximate surface area is 107 Å². The molecule has 0 unspecified atom stereocenters. The Balaban J connectivity index is 1.59. The number of amides is 1. The zero-order valence-electron chi connectivity index (χ0n) is 10.4. The van der Waals surface area contributed by atoms with Gasteiger partial charge in [-0.3, -0.25) is 4.79 Å². The van der Waals surface area contributed by atoms with Crippen molar-refractivity contribution in [1.29, 1.82) is 0 Å². The summed E-state index contributed by atoms with van der Waals surface area (Å²) in [5.41, 5.74) is 7.69. The Morgan fingerprint density at radius 3 is 2.61 bits per heavy atom. The van der Waals surface area contributed by atoms with E-state index in [4.69, 9.17) is 5.73 Å². The number of nitrogens with one attached hydrogen (secondary N) is 2. The smallest absolute Gasteiger partial charge is 0.227 e. The van der Waals surface area contributed by atoms with Gasteiger partial charge in [0.2, 0.25) is 5.91 Å². The Morgan fingerprint density at radius 2 is 1.94 bits per heavy atom. The summed E-state index contributed by atoms with van der Waals surface area (Å²) in [6, 6.07) is 8.73. The minimum Gasteiger partial charge on any atom is -0.382 e. The summed E-state index contributed by atoms with van der Waals surface area (Å²) < 4.78 is 0. The molecule has 2 aliphatic rings. The summed E-state index contributed by atoms with van der Waals surface area (Å²) >= 11 is 0. The summed E-state index contributed by atoms with van der Waals surface area (Å²) in [6.07, 6.45) is 4.12. The number of hydrogen-bond donors (Lipinski definition) is 3. The van der Waals surface area contributed by atoms with Crippen LogP contribution < -0.4 is 16.4 Å². The number of carbonyl (C=O) groups excluding carboxylic acids is 1. The standard InChI is InChI=1S/C14H19N3O/c15-10-6-13(7-10)16-11-2-1-3-12(8-11)17-14(18)9-4-5-9/h1-3,8-10,13,16H,4-7,15H2,(H,17,18). The first-order valence-corrected chi connectivity index (χ1v) is 6.64. The van der Waals surface area contributed by atoms with E-state index < -0.39 is 0 Å². The molecule has 96 valence electrons. The molecule has 3 rings (SSSR count). The molecular weight excluding hydrogens is 226 g/mol. The Hall–Kier alpha value is -1.55. The van der Waals surface area contributed by atoms with Crippen LogP contribution in [0.1, 0.15) is 25.7 Å². The molecule has 2 aliphatic carbocycles. The first-order valence-electron chi connectivity index (χ1n) is 6.64. The predicted molar refractivity (Wildman–Crippen MR) is 72.4 cm³/mol. The SMILES string of the molecule is NC1CC(Nc2cccc(NC(=O)C3CC3)c2)C1. The molecule has 2 saturated carbocycles. The van der Waals surface area contributed by atoms with E-state index in [-0.39, 0.29) is 11.8 Å². The zero-order valence-corrected chi connectivity index (χ0v) is 10.4. The van der Waals surface area contributed by atoms with Crippen molar-refractivity contribution in [3.05, 3.63) is 24.3 Å². The van der Waals surface area contributed by atoms with E-state index in [1.165, 1.54) is 0 Å². The normalized spacial score (nSPS) is 26.3. The highest BCUT2D eigenvalue weighted by Crippen LogP contribution is 2.30. The van der Waals surface area contributed by atoms with E-state index >= 15 is 0 Å². The minimum atomic E-state index is 0.151. The maximum atomic E-state index is 11.7. The van der Waals surface area contributed by atoms with E-state index in [2.05, 4.69) is 10.6 Å². The van der Waals surface area contributed by atoms with Crippen molar-refractivity contribution in [2.24, 2.45) is 11.7 Å². The monoisotopic (exact) mass is 245 g/mol. The second kappa shape index (κ2) is 4.61. The second-order valence-corrected chi connectivity index (χ2v) is 5.42. The fourth-order valence-electron chi connectivity index (χ4n) is 2.29. The third-order valence-corrected chi connectivity index (χ3v) is 3.62. The first-order chi connectivity index (χ1) is 8.70. The van der Waals surface area contributed by atoms with Crippen LogP contribution in [-0.2, 0) is 4.79 Å². The van der Waals surface area contributed by atoms with Gasteiger partial charge in [0.15, 0.2) is 0 Å². The van der Waals surface area contributed by atoms with Crippen LogP contribution in [0.3, 0.4) is 0 Å². The van der Waals surface area contributed by atoms with Gasteiger partial charge in [-0.25, -0.2) is 0 Å². The molecule has 0 atom stereocenters. The van der Waals surface area contributed by atoms with Gasteiger partial charge >= 0.3 is 0 Å². The molecule has 0 heterocycles. The van der Waals surface area contributed by atoms with Crippen LogP contribution in [0.2, 0.25) is 0 Å². The van der Waals surface area contributed by atoms with E-state index in [1.54, 1.807) is 0 Å². The first kappa shape index (κ1) is 11.5. The van der Waals surface area contributed by atoms with Gasteiger partial charge in [0.05, 0.1) is 0 Å². The molecule has 2 fully saturated rings. The number of hydrogen-bond acceptors (Lipinski definition) is 3. The number of rotatable bonds is 4. The molecule has 1 aromatic carbocycles. The molecule has 1 aromatic rings. The molecule has 18 heavy (non-hydrogen) atoms. The summed E-state index contributed by atoms with van der Waals surface area (Å²) in [7, 11) is 0. The Bertz CT molecular complexity index is 450. The van der Waals surface area contributed by atoms with Crippen molar-refractivity contribution in [3.63, 3.8) is 0 Å². The van der Waals surface area contributed by atoms with Gasteiger partial charge in [-0.2, -0.15) is 0 Å². The maximum Gasteiger partial charge on any atom is 0.227 e. The quantitative estimate of drug-likeness (QED) is 0.759. The van der Waals surface area contributed by atoms with Gasteiger partial charge in [0.25, 0.3) is 0 Å². The fraction of sp³-hybridized carbons (Fsp3) is 0.500. The van der Waals surface area contributed by atoms with Crippen LogP contribution in [0.25, 0.3) is 0 Å². The van der Waals surface area contributed by atoms with Crippen LogP contribution in [0.5, 0.6) is 0 Å². The Morgan fingerprint density at radius 1 is 1.22 bits per heavy atom. The molecular formula is C14H19N3O. The van der Waals surface area contributed by atoms with Crippen molar-refractivity contribution in [1.82, 2.24) is 0 Å². The van der Waals surface area contributed by atoms with Gasteiger partial charge in [-0.05, 0) is 43.9 Å². The van der Waals surface area contributed by atoms with Gasteiger partial charge < -0.3 is 16.4 Å². The van der Waals surface area contributed by atoms with Gasteiger partial charge in [-0.15, -0.1) is 0 Å². The number of benzene rings is 1. The summed E-state index contributed by atoms with van der Waals surface area (Å²) in [5, 5.41) is 6.39. The third kappa shape index (κ3) is 2.64. The predicted octanol–water partition coefficient (Wildman–Crippen LogP) is 1.94. The number of anilines is 2. The van der Waals surface area contributed by atoms with Crippen LogP contribution in [0, 0.1) is 5.92 Å². The molecule has 0 spiro atoms. The van der Waals surface area contributed by atoms with E-state index in [9.17, 15) is 4.79 Å². The highest BCUT2D eigenvalue weighted by Gasteiger charge is 2.29. The fourth-order valence-corrected chi connectivity index (χ4v) is 2.29. The molecule has 4 nitrogen and oxygen atoms in total. The lowest BCUT2D eigenvalue weighted by atomic mass is 9.87. The molecule has 0 radical (unpaired) electrons. The second-order valence-electron chi connectivity index (χ2n) is 5.42. The number of nitrogens with two attached hydrogens (primary N) is 1. The lowest BCUT2D eigenvalue weighted by Gasteiger charge is -2.33. The molecule has 4 heteroatoms. The summed E-state index contributed by atoms with van der Waals surface area (Å²) in [4.78, 5) is 11.7. The van der Waals surface area contributed by atoms with Gasteiger partial charge in [0, 0.05) is 29.4 Å². The maximum absolute atomic E-state index is 11.7. The van der Waals surface area contributed by atoms with E-state index in [0.717, 1.165) is 37.1 Å². The molecule has 0 aliphatic heterocycles. The average molecular weight is 245 g/mol. The Kier molecular flexibility index (Phi) is 2.96. The highest BCUT2D eigenvalue weighted by molar-refractivity contribution is 5.94. The van der Waals surface area contributed by atoms with Crippen molar-refractivity contribution in [2.75, 3.05) is 10.6 Å². The largest absolute Gasteiger partial charge is 0.382 e. The van der Waals surface area contributed by atoms with Crippen molar-refractivity contribution < 1.29 is 4.79 Å². The van der Waals surface area contributed by atoms with Gasteiger partial charge in [-0.1, -0.05) is 6.07 Å². The van der Waals surface area contributed by atoms with Crippen molar-refractivity contribution >= 4 is 17.3 Å². The van der Waals surface area contributed by atoms with Crippen LogP contribution in [0.15, 0.2) is 24.3 Å². The average Bonchev–Trinajstić information content (AvgIpc) is 3.11. The van der Waals surface area contributed by atoms with E-state index in [1.807, 2.05) is 24.3 Å². The van der Waals surface area contributed by atoms with Crippen LogP contribution >= 0.6 is 0 Å². The molecule has 4 N–H and O–H groups in total.